The predicted molar refractivity (Wildman–Crippen MR) is 78.7 cm³/mol. The Kier molecular flexibility index (Phi) is 5.70. The fourth-order valence-corrected chi connectivity index (χ4v) is 1.80. The molecule has 0 aromatic heterocycles. The van der Waals surface area contributed by atoms with Crippen molar-refractivity contribution in [3.63, 3.8) is 0 Å². The topological polar surface area (TPSA) is 69.6 Å². The highest BCUT2D eigenvalue weighted by Gasteiger charge is 2.23. The molecule has 0 aliphatic carbocycles. The fraction of sp³-hybridized carbons (Fsp3) is 0.467. The number of benzene rings is 1. The predicted octanol–water partition coefficient (Wildman–Crippen LogP) is 2.20. The number of amides is 1. The van der Waals surface area contributed by atoms with E-state index in [1.807, 2.05) is 51.1 Å². The van der Waals surface area contributed by atoms with Crippen LogP contribution in [0.1, 0.15) is 27.2 Å². The van der Waals surface area contributed by atoms with Crippen LogP contribution in [0.25, 0.3) is 0 Å². The number of carboxylic acid groups (broad SMARTS) is 1. The van der Waals surface area contributed by atoms with Crippen LogP contribution in [0.2, 0.25) is 0 Å². The number of anilines is 1. The van der Waals surface area contributed by atoms with E-state index in [4.69, 9.17) is 5.11 Å². The van der Waals surface area contributed by atoms with E-state index in [2.05, 4.69) is 5.32 Å². The average Bonchev–Trinajstić information content (AvgIpc) is 2.34. The van der Waals surface area contributed by atoms with Gasteiger partial charge in [-0.25, -0.2) is 0 Å². The number of rotatable bonds is 6. The molecule has 2 N–H and O–H groups in total. The number of nitrogens with one attached hydrogen (secondary N) is 1. The van der Waals surface area contributed by atoms with Gasteiger partial charge < -0.3 is 10.4 Å². The summed E-state index contributed by atoms with van der Waals surface area (Å²) in [5.74, 6) is -1.00. The number of aliphatic carboxylic acids is 1. The molecule has 0 bridgehead atoms. The first kappa shape index (κ1) is 16.2. The molecule has 0 spiro atoms. The molecule has 20 heavy (non-hydrogen) atoms. The first-order valence-corrected chi connectivity index (χ1v) is 6.61. The molecule has 0 aliphatic heterocycles. The molecule has 0 aliphatic rings. The van der Waals surface area contributed by atoms with Crippen molar-refractivity contribution >= 4 is 17.6 Å². The molecule has 1 rings (SSSR count). The van der Waals surface area contributed by atoms with Crippen LogP contribution in [0.4, 0.5) is 5.69 Å². The lowest BCUT2D eigenvalue weighted by atomic mass is 10.1. The zero-order valence-electron chi connectivity index (χ0n) is 12.2. The average molecular weight is 278 g/mol. The van der Waals surface area contributed by atoms with E-state index in [0.717, 1.165) is 5.69 Å². The van der Waals surface area contributed by atoms with Crippen LogP contribution in [0.3, 0.4) is 0 Å². The Hall–Kier alpha value is -1.88. The molecule has 0 unspecified atom stereocenters. The Morgan fingerprint density at radius 2 is 1.80 bits per heavy atom. The van der Waals surface area contributed by atoms with Crippen LogP contribution in [0, 0.1) is 0 Å². The van der Waals surface area contributed by atoms with Crippen molar-refractivity contribution in [1.29, 1.82) is 0 Å². The molecule has 0 radical (unpaired) electrons. The van der Waals surface area contributed by atoms with Crippen molar-refractivity contribution in [2.24, 2.45) is 0 Å². The second kappa shape index (κ2) is 7.05. The number of carbonyl (C=O) groups excluding carboxylic acids is 1. The number of nitrogens with zero attached hydrogens (tertiary/aromatic N) is 1. The Bertz CT molecular complexity index is 452. The van der Waals surface area contributed by atoms with Crippen LogP contribution < -0.4 is 5.32 Å². The standard InChI is InChI=1S/C15H22N2O3/c1-15(2,3)17(11-14(19)20)10-9-13(18)16-12-7-5-4-6-8-12/h4-8H,9-11H2,1-3H3,(H,16,18)(H,19,20). The summed E-state index contributed by atoms with van der Waals surface area (Å²) in [6.45, 7) is 6.15. The van der Waals surface area contributed by atoms with Crippen molar-refractivity contribution < 1.29 is 14.7 Å². The zero-order valence-corrected chi connectivity index (χ0v) is 12.2. The van der Waals surface area contributed by atoms with Crippen LogP contribution >= 0.6 is 0 Å². The zero-order chi connectivity index (χ0) is 15.2. The van der Waals surface area contributed by atoms with E-state index >= 15 is 0 Å². The number of carbonyl (C=O) groups is 2. The van der Waals surface area contributed by atoms with E-state index in [9.17, 15) is 9.59 Å². The third-order valence-corrected chi connectivity index (χ3v) is 2.94. The SMILES string of the molecule is CC(C)(C)N(CCC(=O)Nc1ccccc1)CC(=O)O. The largest absolute Gasteiger partial charge is 0.480 e. The second-order valence-corrected chi connectivity index (χ2v) is 5.65. The smallest absolute Gasteiger partial charge is 0.317 e. The monoisotopic (exact) mass is 278 g/mol. The second-order valence-electron chi connectivity index (χ2n) is 5.65. The summed E-state index contributed by atoms with van der Waals surface area (Å²) in [7, 11) is 0. The molecule has 110 valence electrons. The number of para-hydroxylation sites is 1. The maximum Gasteiger partial charge on any atom is 0.317 e. The minimum atomic E-state index is -0.886. The molecule has 5 nitrogen and oxygen atoms in total. The number of hydrogen-bond acceptors (Lipinski definition) is 3. The van der Waals surface area contributed by atoms with Gasteiger partial charge in [-0.1, -0.05) is 18.2 Å². The van der Waals surface area contributed by atoms with Gasteiger partial charge in [0, 0.05) is 24.2 Å². The maximum atomic E-state index is 11.8. The first-order valence-electron chi connectivity index (χ1n) is 6.61. The fourth-order valence-electron chi connectivity index (χ4n) is 1.80. The number of carboxylic acids is 1. The van der Waals surface area contributed by atoms with Crippen LogP contribution in [0.5, 0.6) is 0 Å². The molecular formula is C15H22N2O3. The van der Waals surface area contributed by atoms with E-state index in [1.54, 1.807) is 4.90 Å². The molecule has 1 amide bonds. The maximum absolute atomic E-state index is 11.8. The summed E-state index contributed by atoms with van der Waals surface area (Å²) in [6.07, 6.45) is 0.263. The third kappa shape index (κ3) is 5.84. The Labute approximate surface area is 119 Å². The van der Waals surface area contributed by atoms with Gasteiger partial charge in [0.1, 0.15) is 0 Å². The van der Waals surface area contributed by atoms with E-state index < -0.39 is 5.97 Å². The van der Waals surface area contributed by atoms with Crippen molar-refractivity contribution in [1.82, 2.24) is 4.90 Å². The van der Waals surface area contributed by atoms with Gasteiger partial charge in [-0.3, -0.25) is 14.5 Å². The van der Waals surface area contributed by atoms with Crippen molar-refractivity contribution in [3.05, 3.63) is 30.3 Å². The summed E-state index contributed by atoms with van der Waals surface area (Å²) in [6, 6.07) is 9.21. The lowest BCUT2D eigenvalue weighted by Crippen LogP contribution is -2.45. The lowest BCUT2D eigenvalue weighted by Gasteiger charge is -2.34. The van der Waals surface area contributed by atoms with Crippen LogP contribution in [-0.2, 0) is 9.59 Å². The molecule has 0 atom stereocenters. The Morgan fingerprint density at radius 1 is 1.20 bits per heavy atom. The lowest BCUT2D eigenvalue weighted by molar-refractivity contribution is -0.140. The summed E-state index contributed by atoms with van der Waals surface area (Å²) >= 11 is 0. The molecule has 1 aromatic carbocycles. The van der Waals surface area contributed by atoms with Gasteiger partial charge in [0.2, 0.25) is 5.91 Å². The van der Waals surface area contributed by atoms with Gasteiger partial charge >= 0.3 is 5.97 Å². The van der Waals surface area contributed by atoms with Gasteiger partial charge in [0.05, 0.1) is 6.54 Å². The quantitative estimate of drug-likeness (QED) is 0.837. The van der Waals surface area contributed by atoms with Crippen LogP contribution in [-0.4, -0.2) is 40.5 Å². The first-order chi connectivity index (χ1) is 9.29. The van der Waals surface area contributed by atoms with E-state index in [0.29, 0.717) is 6.54 Å². The van der Waals surface area contributed by atoms with Crippen LogP contribution in [0.15, 0.2) is 30.3 Å². The van der Waals surface area contributed by atoms with Crippen molar-refractivity contribution in [2.75, 3.05) is 18.4 Å². The van der Waals surface area contributed by atoms with Crippen molar-refractivity contribution in [2.45, 2.75) is 32.7 Å². The highest BCUT2D eigenvalue weighted by molar-refractivity contribution is 5.90. The van der Waals surface area contributed by atoms with E-state index in [1.165, 1.54) is 0 Å². The van der Waals surface area contributed by atoms with Gasteiger partial charge in [-0.15, -0.1) is 0 Å². The van der Waals surface area contributed by atoms with Gasteiger partial charge in [-0.05, 0) is 32.9 Å². The Morgan fingerprint density at radius 3 is 2.30 bits per heavy atom. The highest BCUT2D eigenvalue weighted by atomic mass is 16.4. The van der Waals surface area contributed by atoms with Gasteiger partial charge in [0.25, 0.3) is 0 Å². The Balaban J connectivity index is 2.50. The molecule has 0 saturated carbocycles. The van der Waals surface area contributed by atoms with Crippen molar-refractivity contribution in [3.8, 4) is 0 Å². The van der Waals surface area contributed by atoms with Gasteiger partial charge in [-0.2, -0.15) is 0 Å². The summed E-state index contributed by atoms with van der Waals surface area (Å²) in [4.78, 5) is 24.5. The summed E-state index contributed by atoms with van der Waals surface area (Å²) < 4.78 is 0. The number of hydrogen-bond donors (Lipinski definition) is 2. The van der Waals surface area contributed by atoms with Gasteiger partial charge in [0.15, 0.2) is 0 Å². The highest BCUT2D eigenvalue weighted by Crippen LogP contribution is 2.13. The summed E-state index contributed by atoms with van der Waals surface area (Å²) in [5.41, 5.74) is 0.462. The minimum absolute atomic E-state index is 0.0673. The molecule has 0 saturated heterocycles. The molecule has 5 heteroatoms. The minimum Gasteiger partial charge on any atom is -0.480 e. The molecule has 0 heterocycles. The summed E-state index contributed by atoms with van der Waals surface area (Å²) in [5, 5.41) is 11.7. The molecule has 0 fully saturated rings. The third-order valence-electron chi connectivity index (χ3n) is 2.94. The van der Waals surface area contributed by atoms with E-state index in [-0.39, 0.29) is 24.4 Å². The molecule has 1 aromatic rings. The normalized spacial score (nSPS) is 11.4. The molecular weight excluding hydrogens is 256 g/mol.